The highest BCUT2D eigenvalue weighted by Gasteiger charge is 2.61. The summed E-state index contributed by atoms with van der Waals surface area (Å²) in [6.45, 7) is 5.99. The van der Waals surface area contributed by atoms with Gasteiger partial charge in [0.05, 0.1) is 6.10 Å². The fraction of sp³-hybridized carbons (Fsp3) is 0.889. The van der Waals surface area contributed by atoms with Crippen LogP contribution < -0.4 is 0 Å². The number of aliphatic hydroxyl groups is 1. The van der Waals surface area contributed by atoms with Gasteiger partial charge in [0.2, 0.25) is 0 Å². The van der Waals surface area contributed by atoms with Crippen molar-refractivity contribution >= 4 is 15.9 Å². The molecule has 2 unspecified atom stereocenters. The average Bonchev–Trinajstić information content (AvgIpc) is 2.01. The summed E-state index contributed by atoms with van der Waals surface area (Å²) in [6.07, 6.45) is -0.354. The molecule has 0 spiro atoms. The quantitative estimate of drug-likeness (QED) is 0.752. The smallest absolute Gasteiger partial charge is 0.259 e. The van der Waals surface area contributed by atoms with E-state index in [2.05, 4.69) is 0 Å². The number of nitrogens with zero attached hydrogens (tertiary/aromatic N) is 1. The molecule has 0 aliphatic carbocycles. The molecule has 1 amide bonds. The van der Waals surface area contributed by atoms with Crippen molar-refractivity contribution in [2.75, 3.05) is 0 Å². The molecule has 0 aromatic rings. The van der Waals surface area contributed by atoms with Crippen LogP contribution in [0, 0.1) is 0 Å². The van der Waals surface area contributed by atoms with Crippen LogP contribution in [0.1, 0.15) is 34.1 Å². The zero-order chi connectivity index (χ0) is 12.0. The van der Waals surface area contributed by atoms with E-state index in [1.165, 1.54) is 13.8 Å². The normalized spacial score (nSPS) is 27.0. The number of rotatable bonds is 3. The maximum absolute atomic E-state index is 11.7. The Morgan fingerprint density at radius 1 is 1.40 bits per heavy atom. The van der Waals surface area contributed by atoms with Crippen molar-refractivity contribution < 1.29 is 18.3 Å². The number of carbonyl (C=O) groups excluding carboxylic acids is 1. The van der Waals surface area contributed by atoms with Crippen LogP contribution in [0.2, 0.25) is 0 Å². The maximum Gasteiger partial charge on any atom is 0.259 e. The van der Waals surface area contributed by atoms with Gasteiger partial charge in [-0.05, 0) is 34.1 Å². The molecule has 0 aromatic heterocycles. The summed E-state index contributed by atoms with van der Waals surface area (Å²) in [6, 6.07) is -0.476. The van der Waals surface area contributed by atoms with Crippen molar-refractivity contribution in [3.63, 3.8) is 0 Å². The summed E-state index contributed by atoms with van der Waals surface area (Å²) < 4.78 is 23.0. The Kier molecular flexibility index (Phi) is 2.86. The van der Waals surface area contributed by atoms with Gasteiger partial charge in [-0.15, -0.1) is 0 Å². The predicted octanol–water partition coefficient (Wildman–Crippen LogP) is 0.0964. The first kappa shape index (κ1) is 12.4. The molecule has 0 saturated carbocycles. The van der Waals surface area contributed by atoms with E-state index in [4.69, 9.17) is 5.11 Å². The van der Waals surface area contributed by atoms with Crippen LogP contribution in [-0.4, -0.2) is 40.6 Å². The van der Waals surface area contributed by atoms with Crippen molar-refractivity contribution in [2.45, 2.75) is 51.0 Å². The molecule has 15 heavy (non-hydrogen) atoms. The highest BCUT2D eigenvalue weighted by Crippen LogP contribution is 2.37. The Bertz CT molecular complexity index is 372. The molecule has 1 aliphatic rings. The molecule has 0 radical (unpaired) electrons. The van der Waals surface area contributed by atoms with E-state index in [1.807, 2.05) is 0 Å². The molecule has 0 bridgehead atoms. The largest absolute Gasteiger partial charge is 0.393 e. The van der Waals surface area contributed by atoms with Crippen molar-refractivity contribution in [1.82, 2.24) is 4.31 Å². The molecule has 5 nitrogen and oxygen atoms in total. The van der Waals surface area contributed by atoms with Crippen molar-refractivity contribution in [2.24, 2.45) is 0 Å². The second-order valence-corrected chi connectivity index (χ2v) is 6.91. The molecule has 1 fully saturated rings. The van der Waals surface area contributed by atoms with E-state index in [9.17, 15) is 13.2 Å². The van der Waals surface area contributed by atoms with Crippen LogP contribution in [-0.2, 0) is 14.8 Å². The Hall–Kier alpha value is -0.620. The van der Waals surface area contributed by atoms with E-state index >= 15 is 0 Å². The van der Waals surface area contributed by atoms with Gasteiger partial charge in [0.25, 0.3) is 15.9 Å². The minimum Gasteiger partial charge on any atom is -0.393 e. The standard InChI is InChI=1S/C9H17NO4S/c1-6(5-7(2)11)10-8(12)9(3,4)15(10,13)14/h6-7,11H,5H2,1-4H3. The Morgan fingerprint density at radius 3 is 2.20 bits per heavy atom. The van der Waals surface area contributed by atoms with E-state index < -0.39 is 32.8 Å². The van der Waals surface area contributed by atoms with Gasteiger partial charge in [-0.3, -0.25) is 4.79 Å². The lowest BCUT2D eigenvalue weighted by Crippen LogP contribution is -2.69. The first-order valence-electron chi connectivity index (χ1n) is 4.89. The topological polar surface area (TPSA) is 74.7 Å². The third-order valence-electron chi connectivity index (χ3n) is 2.70. The van der Waals surface area contributed by atoms with E-state index in [-0.39, 0.29) is 6.42 Å². The maximum atomic E-state index is 11.7. The molecule has 1 heterocycles. The number of amides is 1. The summed E-state index contributed by atoms with van der Waals surface area (Å²) >= 11 is 0. The van der Waals surface area contributed by atoms with Gasteiger partial charge in [0, 0.05) is 6.04 Å². The second-order valence-electron chi connectivity index (χ2n) is 4.55. The van der Waals surface area contributed by atoms with Gasteiger partial charge < -0.3 is 5.11 Å². The van der Waals surface area contributed by atoms with Crippen LogP contribution in [0.5, 0.6) is 0 Å². The summed E-state index contributed by atoms with van der Waals surface area (Å²) in [7, 11) is -3.52. The number of carbonyl (C=O) groups is 1. The average molecular weight is 235 g/mol. The van der Waals surface area contributed by atoms with E-state index in [0.29, 0.717) is 0 Å². The van der Waals surface area contributed by atoms with Gasteiger partial charge in [-0.2, -0.15) is 0 Å². The third kappa shape index (κ3) is 1.65. The highest BCUT2D eigenvalue weighted by molar-refractivity contribution is 7.94. The summed E-state index contributed by atoms with van der Waals surface area (Å²) in [4.78, 5) is 11.6. The molecule has 0 aromatic carbocycles. The van der Waals surface area contributed by atoms with Crippen LogP contribution in [0.15, 0.2) is 0 Å². The van der Waals surface area contributed by atoms with Crippen LogP contribution >= 0.6 is 0 Å². The SMILES string of the molecule is CC(O)CC(C)N1C(=O)C(C)(C)S1(=O)=O. The lowest BCUT2D eigenvalue weighted by atomic mass is 10.1. The first-order chi connectivity index (χ1) is 6.62. The van der Waals surface area contributed by atoms with Gasteiger partial charge in [-0.25, -0.2) is 12.7 Å². The highest BCUT2D eigenvalue weighted by atomic mass is 32.2. The number of sulfonamides is 1. The lowest BCUT2D eigenvalue weighted by molar-refractivity contribution is -0.134. The van der Waals surface area contributed by atoms with Crippen LogP contribution in [0.4, 0.5) is 0 Å². The number of hydrogen-bond donors (Lipinski definition) is 1. The minimum atomic E-state index is -3.52. The Balaban J connectivity index is 2.88. The van der Waals surface area contributed by atoms with Gasteiger partial charge >= 0.3 is 0 Å². The molecule has 1 N–H and O–H groups in total. The van der Waals surface area contributed by atoms with Crippen molar-refractivity contribution in [3.05, 3.63) is 0 Å². The Morgan fingerprint density at radius 2 is 1.87 bits per heavy atom. The monoisotopic (exact) mass is 235 g/mol. The third-order valence-corrected chi connectivity index (χ3v) is 5.21. The van der Waals surface area contributed by atoms with E-state index in [1.54, 1.807) is 13.8 Å². The second kappa shape index (κ2) is 3.45. The van der Waals surface area contributed by atoms with Crippen LogP contribution in [0.25, 0.3) is 0 Å². The molecule has 1 rings (SSSR count). The molecule has 6 heteroatoms. The summed E-state index contributed by atoms with van der Waals surface area (Å²) in [5.41, 5.74) is 0. The van der Waals surface area contributed by atoms with Crippen molar-refractivity contribution in [1.29, 1.82) is 0 Å². The molecular weight excluding hydrogens is 218 g/mol. The summed E-state index contributed by atoms with van der Waals surface area (Å²) in [5.74, 6) is -0.393. The van der Waals surface area contributed by atoms with Gasteiger partial charge in [0.1, 0.15) is 0 Å². The van der Waals surface area contributed by atoms with Gasteiger partial charge in [0.15, 0.2) is 4.75 Å². The molecule has 88 valence electrons. The zero-order valence-corrected chi connectivity index (χ0v) is 10.2. The number of hydrogen-bond acceptors (Lipinski definition) is 4. The van der Waals surface area contributed by atoms with Gasteiger partial charge in [-0.1, -0.05) is 0 Å². The zero-order valence-electron chi connectivity index (χ0n) is 9.39. The minimum absolute atomic E-state index is 0.265. The molecular formula is C9H17NO4S. The van der Waals surface area contributed by atoms with Crippen LogP contribution in [0.3, 0.4) is 0 Å². The Labute approximate surface area is 90.1 Å². The lowest BCUT2D eigenvalue weighted by Gasteiger charge is -2.46. The predicted molar refractivity (Wildman–Crippen MR) is 55.6 cm³/mol. The first-order valence-corrected chi connectivity index (χ1v) is 6.33. The molecule has 2 atom stereocenters. The fourth-order valence-corrected chi connectivity index (χ4v) is 3.40. The molecule has 1 aliphatic heterocycles. The summed E-state index contributed by atoms with van der Waals surface area (Å²) in [5, 5.41) is 9.15. The van der Waals surface area contributed by atoms with E-state index in [0.717, 1.165) is 4.31 Å². The fourth-order valence-electron chi connectivity index (χ4n) is 1.72. The molecule has 1 saturated heterocycles. The van der Waals surface area contributed by atoms with Crippen molar-refractivity contribution in [3.8, 4) is 0 Å². The number of aliphatic hydroxyl groups excluding tert-OH is 1.